The molecule has 0 radical (unpaired) electrons. The van der Waals surface area contributed by atoms with Gasteiger partial charge in [0.25, 0.3) is 0 Å². The van der Waals surface area contributed by atoms with E-state index in [0.717, 1.165) is 18.6 Å². The fourth-order valence-corrected chi connectivity index (χ4v) is 1.88. The van der Waals surface area contributed by atoms with Gasteiger partial charge < -0.3 is 10.5 Å². The monoisotopic (exact) mass is 265 g/mol. The Bertz CT molecular complexity index is 427. The van der Waals surface area contributed by atoms with E-state index in [1.54, 1.807) is 0 Å². The molecule has 0 aromatic heterocycles. The molecule has 0 heterocycles. The third-order valence-corrected chi connectivity index (χ3v) is 3.75. The third kappa shape index (κ3) is 4.30. The minimum atomic E-state index is -0.0823. The highest BCUT2D eigenvalue weighted by Gasteiger charge is 2.20. The molecular weight excluding hydrogens is 242 g/mol. The Balaban J connectivity index is 2.41. The van der Waals surface area contributed by atoms with Crippen molar-refractivity contribution in [2.24, 2.45) is 11.1 Å². The zero-order valence-electron chi connectivity index (χ0n) is 11.7. The van der Waals surface area contributed by atoms with E-state index in [9.17, 15) is 0 Å². The van der Waals surface area contributed by atoms with Gasteiger partial charge in [-0.05, 0) is 38.3 Å². The van der Waals surface area contributed by atoms with Crippen LogP contribution in [0.3, 0.4) is 0 Å². The topological polar surface area (TPSA) is 35.2 Å². The second-order valence-corrected chi connectivity index (χ2v) is 5.91. The molecule has 100 valence electrons. The molecule has 0 fully saturated rings. The first-order valence-electron chi connectivity index (χ1n) is 6.33. The summed E-state index contributed by atoms with van der Waals surface area (Å²) >= 11 is 5.05. The van der Waals surface area contributed by atoms with Crippen LogP contribution in [0.1, 0.15) is 37.8 Å². The number of nitrogens with two attached hydrogens (primary N) is 1. The first-order valence-corrected chi connectivity index (χ1v) is 6.74. The molecule has 0 amide bonds. The fourth-order valence-electron chi connectivity index (χ4n) is 1.78. The highest BCUT2D eigenvalue weighted by molar-refractivity contribution is 7.80. The van der Waals surface area contributed by atoms with Crippen molar-refractivity contribution in [3.63, 3.8) is 0 Å². The van der Waals surface area contributed by atoms with E-state index < -0.39 is 0 Å². The zero-order chi connectivity index (χ0) is 13.8. The highest BCUT2D eigenvalue weighted by atomic mass is 32.1. The van der Waals surface area contributed by atoms with Gasteiger partial charge in [-0.1, -0.05) is 43.8 Å². The van der Waals surface area contributed by atoms with Crippen molar-refractivity contribution >= 4 is 17.2 Å². The average molecular weight is 265 g/mol. The molecule has 0 atom stereocenters. The maximum Gasteiger partial charge on any atom is 0.122 e. The summed E-state index contributed by atoms with van der Waals surface area (Å²) in [5.41, 5.74) is 8.06. The molecule has 0 aliphatic heterocycles. The third-order valence-electron chi connectivity index (χ3n) is 3.20. The molecule has 2 N–H and O–H groups in total. The Labute approximate surface area is 116 Å². The molecule has 0 saturated carbocycles. The normalized spacial score (nSPS) is 11.3. The predicted octanol–water partition coefficient (Wildman–Crippen LogP) is 3.77. The Morgan fingerprint density at radius 2 is 2.00 bits per heavy atom. The molecule has 2 nitrogen and oxygen atoms in total. The molecule has 0 saturated heterocycles. The van der Waals surface area contributed by atoms with Gasteiger partial charge in [-0.25, -0.2) is 0 Å². The van der Waals surface area contributed by atoms with E-state index in [1.165, 1.54) is 11.1 Å². The maximum absolute atomic E-state index is 5.78. The lowest BCUT2D eigenvalue weighted by Gasteiger charge is -2.22. The second kappa shape index (κ2) is 6.19. The van der Waals surface area contributed by atoms with Gasteiger partial charge in [-0.15, -0.1) is 0 Å². The van der Waals surface area contributed by atoms with Gasteiger partial charge in [0.2, 0.25) is 0 Å². The number of benzene rings is 1. The van der Waals surface area contributed by atoms with Crippen LogP contribution in [0.2, 0.25) is 0 Å². The molecule has 18 heavy (non-hydrogen) atoms. The van der Waals surface area contributed by atoms with Crippen molar-refractivity contribution in [2.45, 2.75) is 40.5 Å². The van der Waals surface area contributed by atoms with Crippen molar-refractivity contribution in [3.8, 4) is 5.75 Å². The molecular formula is C15H23NOS. The molecule has 0 bridgehead atoms. The summed E-state index contributed by atoms with van der Waals surface area (Å²) in [5, 5.41) is 0. The minimum absolute atomic E-state index is 0.0823. The maximum atomic E-state index is 5.78. The molecule has 3 heteroatoms. The van der Waals surface area contributed by atoms with Gasteiger partial charge in [-0.2, -0.15) is 0 Å². The molecule has 0 aliphatic carbocycles. The summed E-state index contributed by atoms with van der Waals surface area (Å²) < 4.78 is 5.78. The van der Waals surface area contributed by atoms with Gasteiger partial charge in [-0.3, -0.25) is 0 Å². The van der Waals surface area contributed by atoms with Gasteiger partial charge in [0.05, 0.1) is 11.6 Å². The Hall–Kier alpha value is -1.09. The summed E-state index contributed by atoms with van der Waals surface area (Å²) in [7, 11) is 0. The highest BCUT2D eigenvalue weighted by Crippen LogP contribution is 2.23. The first kappa shape index (κ1) is 15.0. The van der Waals surface area contributed by atoms with Crippen LogP contribution < -0.4 is 10.5 Å². The SMILES string of the molecule is Cc1ccc(OCCCC(C)(C)C(N)=S)c(C)c1. The van der Waals surface area contributed by atoms with Gasteiger partial charge in [0, 0.05) is 5.41 Å². The molecule has 0 unspecified atom stereocenters. The van der Waals surface area contributed by atoms with Crippen LogP contribution in [-0.4, -0.2) is 11.6 Å². The number of ether oxygens (including phenoxy) is 1. The quantitative estimate of drug-likeness (QED) is 0.628. The molecule has 1 aromatic carbocycles. The number of hydrogen-bond donors (Lipinski definition) is 1. The van der Waals surface area contributed by atoms with Crippen LogP contribution in [0.4, 0.5) is 0 Å². The first-order chi connectivity index (χ1) is 8.33. The van der Waals surface area contributed by atoms with Crippen molar-refractivity contribution in [1.29, 1.82) is 0 Å². The predicted molar refractivity (Wildman–Crippen MR) is 81.2 cm³/mol. The number of aryl methyl sites for hydroxylation is 2. The van der Waals surface area contributed by atoms with Crippen molar-refractivity contribution in [1.82, 2.24) is 0 Å². The van der Waals surface area contributed by atoms with Gasteiger partial charge in [0.1, 0.15) is 5.75 Å². The largest absolute Gasteiger partial charge is 0.493 e. The van der Waals surface area contributed by atoms with Crippen LogP contribution in [0.25, 0.3) is 0 Å². The van der Waals surface area contributed by atoms with E-state index in [2.05, 4.69) is 39.8 Å². The van der Waals surface area contributed by atoms with Crippen LogP contribution in [0, 0.1) is 19.3 Å². The van der Waals surface area contributed by atoms with E-state index in [4.69, 9.17) is 22.7 Å². The molecule has 1 rings (SSSR count). The van der Waals surface area contributed by atoms with Crippen molar-refractivity contribution < 1.29 is 4.74 Å². The summed E-state index contributed by atoms with van der Waals surface area (Å²) in [6.45, 7) is 9.01. The lowest BCUT2D eigenvalue weighted by molar-refractivity contribution is 0.286. The minimum Gasteiger partial charge on any atom is -0.493 e. The molecule has 0 spiro atoms. The van der Waals surface area contributed by atoms with Crippen LogP contribution >= 0.6 is 12.2 Å². The lowest BCUT2D eigenvalue weighted by atomic mass is 9.88. The summed E-state index contributed by atoms with van der Waals surface area (Å²) in [6, 6.07) is 6.24. The van der Waals surface area contributed by atoms with Crippen molar-refractivity contribution in [2.75, 3.05) is 6.61 Å². The van der Waals surface area contributed by atoms with E-state index in [0.29, 0.717) is 11.6 Å². The van der Waals surface area contributed by atoms with E-state index in [-0.39, 0.29) is 5.41 Å². The standard InChI is InChI=1S/C15H23NOS/c1-11-6-7-13(12(2)10-11)17-9-5-8-15(3,4)14(16)18/h6-7,10H,5,8-9H2,1-4H3,(H2,16,18). The smallest absolute Gasteiger partial charge is 0.122 e. The second-order valence-electron chi connectivity index (χ2n) is 5.47. The Morgan fingerprint density at radius 3 is 2.56 bits per heavy atom. The number of thiocarbonyl (C=S) groups is 1. The summed E-state index contributed by atoms with van der Waals surface area (Å²) in [5.74, 6) is 0.966. The molecule has 0 aliphatic rings. The number of hydrogen-bond acceptors (Lipinski definition) is 2. The lowest BCUT2D eigenvalue weighted by Crippen LogP contribution is -2.30. The average Bonchev–Trinajstić information content (AvgIpc) is 2.26. The van der Waals surface area contributed by atoms with E-state index >= 15 is 0 Å². The van der Waals surface area contributed by atoms with Crippen LogP contribution in [-0.2, 0) is 0 Å². The summed E-state index contributed by atoms with van der Waals surface area (Å²) in [6.07, 6.45) is 1.91. The van der Waals surface area contributed by atoms with Gasteiger partial charge in [0.15, 0.2) is 0 Å². The molecule has 1 aromatic rings. The Morgan fingerprint density at radius 1 is 1.33 bits per heavy atom. The van der Waals surface area contributed by atoms with Crippen molar-refractivity contribution in [3.05, 3.63) is 29.3 Å². The summed E-state index contributed by atoms with van der Waals surface area (Å²) in [4.78, 5) is 0.578. The van der Waals surface area contributed by atoms with Gasteiger partial charge >= 0.3 is 0 Å². The number of rotatable bonds is 6. The Kier molecular flexibility index (Phi) is 5.15. The van der Waals surface area contributed by atoms with Crippen LogP contribution in [0.15, 0.2) is 18.2 Å². The van der Waals surface area contributed by atoms with Crippen LogP contribution in [0.5, 0.6) is 5.75 Å². The fraction of sp³-hybridized carbons (Fsp3) is 0.533. The zero-order valence-corrected chi connectivity index (χ0v) is 12.6. The van der Waals surface area contributed by atoms with E-state index in [1.807, 2.05) is 6.07 Å².